The lowest BCUT2D eigenvalue weighted by Gasteiger charge is -2.11. The highest BCUT2D eigenvalue weighted by molar-refractivity contribution is 9.10. The minimum absolute atomic E-state index is 0.00549. The summed E-state index contributed by atoms with van der Waals surface area (Å²) in [6.07, 6.45) is -3.16. The molecule has 21 heavy (non-hydrogen) atoms. The van der Waals surface area contributed by atoms with Crippen LogP contribution in [0.25, 0.3) is 0 Å². The molecule has 0 saturated heterocycles. The standard InChI is InChI=1S/C13H9BrF3N3O/c14-8-3-7(13(15,16)17)4-10(5-8)20-12(21)11-6-9(18)1-2-19-11/h1-6H,(H2,18,19)(H,20,21). The first-order valence-electron chi connectivity index (χ1n) is 5.66. The van der Waals surface area contributed by atoms with Crippen molar-refractivity contribution in [1.29, 1.82) is 0 Å². The third-order valence-corrected chi connectivity index (χ3v) is 2.96. The molecule has 1 aromatic carbocycles. The van der Waals surface area contributed by atoms with E-state index in [1.165, 1.54) is 24.4 Å². The molecule has 0 saturated carbocycles. The zero-order valence-corrected chi connectivity index (χ0v) is 12.0. The number of halogens is 4. The number of nitrogens with one attached hydrogen (secondary N) is 1. The predicted octanol–water partition coefficient (Wildman–Crippen LogP) is 3.70. The zero-order valence-electron chi connectivity index (χ0n) is 10.4. The van der Waals surface area contributed by atoms with Gasteiger partial charge in [0.15, 0.2) is 0 Å². The number of nitrogens with zero attached hydrogens (tertiary/aromatic N) is 1. The second-order valence-corrected chi connectivity index (χ2v) is 5.07. The normalized spacial score (nSPS) is 11.2. The molecule has 1 aromatic heterocycles. The van der Waals surface area contributed by atoms with E-state index >= 15 is 0 Å². The van der Waals surface area contributed by atoms with Gasteiger partial charge in [-0.15, -0.1) is 0 Å². The number of hydrogen-bond donors (Lipinski definition) is 2. The maximum absolute atomic E-state index is 12.7. The van der Waals surface area contributed by atoms with Crippen LogP contribution in [0, 0.1) is 0 Å². The predicted molar refractivity (Wildman–Crippen MR) is 75.7 cm³/mol. The van der Waals surface area contributed by atoms with Gasteiger partial charge in [0.2, 0.25) is 0 Å². The number of nitrogen functional groups attached to an aromatic ring is 1. The summed E-state index contributed by atoms with van der Waals surface area (Å²) in [5, 5.41) is 2.35. The van der Waals surface area contributed by atoms with Gasteiger partial charge in [-0.05, 0) is 30.3 Å². The summed E-state index contributed by atoms with van der Waals surface area (Å²) in [6.45, 7) is 0. The fourth-order valence-corrected chi connectivity index (χ4v) is 2.08. The van der Waals surface area contributed by atoms with Crippen LogP contribution in [0.1, 0.15) is 16.1 Å². The van der Waals surface area contributed by atoms with Gasteiger partial charge in [-0.25, -0.2) is 0 Å². The summed E-state index contributed by atoms with van der Waals surface area (Å²) in [7, 11) is 0. The molecule has 8 heteroatoms. The van der Waals surface area contributed by atoms with E-state index in [4.69, 9.17) is 5.73 Å². The molecule has 1 heterocycles. The Morgan fingerprint density at radius 1 is 1.24 bits per heavy atom. The van der Waals surface area contributed by atoms with E-state index in [9.17, 15) is 18.0 Å². The van der Waals surface area contributed by atoms with Crippen molar-refractivity contribution in [3.8, 4) is 0 Å². The van der Waals surface area contributed by atoms with Crippen molar-refractivity contribution in [2.24, 2.45) is 0 Å². The molecule has 4 nitrogen and oxygen atoms in total. The Kier molecular flexibility index (Phi) is 4.17. The van der Waals surface area contributed by atoms with Crippen LogP contribution in [0.15, 0.2) is 41.0 Å². The number of alkyl halides is 3. The Hall–Kier alpha value is -2.09. The number of hydrogen-bond acceptors (Lipinski definition) is 3. The minimum Gasteiger partial charge on any atom is -0.399 e. The van der Waals surface area contributed by atoms with Gasteiger partial charge in [-0.2, -0.15) is 13.2 Å². The summed E-state index contributed by atoms with van der Waals surface area (Å²) in [5.74, 6) is -0.645. The maximum atomic E-state index is 12.7. The maximum Gasteiger partial charge on any atom is 0.416 e. The average molecular weight is 360 g/mol. The lowest BCUT2D eigenvalue weighted by atomic mass is 10.2. The van der Waals surface area contributed by atoms with Gasteiger partial charge in [0.1, 0.15) is 5.69 Å². The number of rotatable bonds is 2. The van der Waals surface area contributed by atoms with Gasteiger partial charge in [-0.1, -0.05) is 15.9 Å². The number of carbonyl (C=O) groups excluding carboxylic acids is 1. The molecule has 0 spiro atoms. The third kappa shape index (κ3) is 3.94. The zero-order chi connectivity index (χ0) is 15.6. The van der Waals surface area contributed by atoms with Crippen molar-refractivity contribution in [3.05, 3.63) is 52.3 Å². The summed E-state index contributed by atoms with van der Waals surface area (Å²) in [6, 6.07) is 5.96. The van der Waals surface area contributed by atoms with Crippen LogP contribution in [-0.2, 0) is 6.18 Å². The molecule has 2 rings (SSSR count). The number of anilines is 2. The Balaban J connectivity index is 2.27. The molecule has 0 fully saturated rings. The topological polar surface area (TPSA) is 68.0 Å². The quantitative estimate of drug-likeness (QED) is 0.858. The van der Waals surface area contributed by atoms with E-state index in [0.29, 0.717) is 5.69 Å². The van der Waals surface area contributed by atoms with Gasteiger partial charge in [-0.3, -0.25) is 9.78 Å². The Bertz CT molecular complexity index is 689. The van der Waals surface area contributed by atoms with Crippen LogP contribution in [0.5, 0.6) is 0 Å². The molecule has 0 aliphatic heterocycles. The van der Waals surface area contributed by atoms with E-state index in [2.05, 4.69) is 26.2 Å². The first-order valence-corrected chi connectivity index (χ1v) is 6.45. The summed E-state index contributed by atoms with van der Waals surface area (Å²) < 4.78 is 38.3. The molecule has 0 aliphatic rings. The number of carbonyl (C=O) groups is 1. The molecule has 0 unspecified atom stereocenters. The van der Waals surface area contributed by atoms with Crippen LogP contribution in [0.2, 0.25) is 0 Å². The largest absolute Gasteiger partial charge is 0.416 e. The Labute approximate surface area is 126 Å². The van der Waals surface area contributed by atoms with Crippen molar-refractivity contribution < 1.29 is 18.0 Å². The van der Waals surface area contributed by atoms with Crippen LogP contribution < -0.4 is 11.1 Å². The Morgan fingerprint density at radius 2 is 1.95 bits per heavy atom. The summed E-state index contributed by atoms with van der Waals surface area (Å²) in [5.41, 5.74) is 5.01. The molecule has 0 bridgehead atoms. The lowest BCUT2D eigenvalue weighted by molar-refractivity contribution is -0.137. The first kappa shape index (κ1) is 15.3. The summed E-state index contributed by atoms with van der Waals surface area (Å²) in [4.78, 5) is 15.7. The van der Waals surface area contributed by atoms with Crippen LogP contribution in [-0.4, -0.2) is 10.9 Å². The van der Waals surface area contributed by atoms with Gasteiger partial charge >= 0.3 is 6.18 Å². The van der Waals surface area contributed by atoms with Crippen LogP contribution >= 0.6 is 15.9 Å². The number of pyridine rings is 1. The van der Waals surface area contributed by atoms with Crippen molar-refractivity contribution in [2.75, 3.05) is 11.1 Å². The molecule has 110 valence electrons. The SMILES string of the molecule is Nc1ccnc(C(=O)Nc2cc(Br)cc(C(F)(F)F)c2)c1. The van der Waals surface area contributed by atoms with Crippen molar-refractivity contribution in [2.45, 2.75) is 6.18 Å². The van der Waals surface area contributed by atoms with E-state index in [0.717, 1.165) is 12.1 Å². The van der Waals surface area contributed by atoms with Gasteiger partial charge in [0.25, 0.3) is 5.91 Å². The number of benzene rings is 1. The van der Waals surface area contributed by atoms with Crippen LogP contribution in [0.4, 0.5) is 24.5 Å². The molecular formula is C13H9BrF3N3O. The smallest absolute Gasteiger partial charge is 0.399 e. The van der Waals surface area contributed by atoms with E-state index in [1.807, 2.05) is 0 Å². The third-order valence-electron chi connectivity index (χ3n) is 2.50. The van der Waals surface area contributed by atoms with E-state index in [-0.39, 0.29) is 15.9 Å². The van der Waals surface area contributed by atoms with E-state index in [1.54, 1.807) is 0 Å². The molecule has 0 atom stereocenters. The number of amides is 1. The second kappa shape index (κ2) is 5.72. The molecule has 1 amide bonds. The van der Waals surface area contributed by atoms with Crippen molar-refractivity contribution in [1.82, 2.24) is 4.98 Å². The summed E-state index contributed by atoms with van der Waals surface area (Å²) >= 11 is 2.98. The molecular weight excluding hydrogens is 351 g/mol. The number of aromatic nitrogens is 1. The lowest BCUT2D eigenvalue weighted by Crippen LogP contribution is -2.15. The highest BCUT2D eigenvalue weighted by Crippen LogP contribution is 2.33. The van der Waals surface area contributed by atoms with Gasteiger partial charge in [0.05, 0.1) is 5.56 Å². The number of nitrogens with two attached hydrogens (primary N) is 1. The monoisotopic (exact) mass is 359 g/mol. The van der Waals surface area contributed by atoms with Gasteiger partial charge < -0.3 is 11.1 Å². The Morgan fingerprint density at radius 3 is 2.57 bits per heavy atom. The fraction of sp³-hybridized carbons (Fsp3) is 0.0769. The van der Waals surface area contributed by atoms with Crippen LogP contribution in [0.3, 0.4) is 0 Å². The highest BCUT2D eigenvalue weighted by atomic mass is 79.9. The average Bonchev–Trinajstić information content (AvgIpc) is 2.37. The second-order valence-electron chi connectivity index (χ2n) is 4.15. The minimum atomic E-state index is -4.50. The molecule has 0 radical (unpaired) electrons. The first-order chi connectivity index (χ1) is 9.75. The molecule has 3 N–H and O–H groups in total. The fourth-order valence-electron chi connectivity index (χ4n) is 1.59. The highest BCUT2D eigenvalue weighted by Gasteiger charge is 2.31. The molecule has 2 aromatic rings. The molecule has 0 aliphatic carbocycles. The van der Waals surface area contributed by atoms with Crippen molar-refractivity contribution in [3.63, 3.8) is 0 Å². The van der Waals surface area contributed by atoms with Gasteiger partial charge in [0, 0.05) is 22.0 Å². The van der Waals surface area contributed by atoms with Crippen molar-refractivity contribution >= 4 is 33.2 Å². The van der Waals surface area contributed by atoms with E-state index < -0.39 is 17.6 Å².